The number of imidazole rings is 1. The molecular weight excluding hydrogens is 402 g/mol. The van der Waals surface area contributed by atoms with E-state index >= 15 is 0 Å². The van der Waals surface area contributed by atoms with Gasteiger partial charge in [0, 0.05) is 19.3 Å². The number of rotatable bonds is 3. The molecular formula is C21H19N5O3S. The quantitative estimate of drug-likeness (QED) is 0.545. The van der Waals surface area contributed by atoms with E-state index < -0.39 is 9.84 Å². The van der Waals surface area contributed by atoms with E-state index in [2.05, 4.69) is 15.0 Å². The number of pyridine rings is 2. The van der Waals surface area contributed by atoms with Crippen molar-refractivity contribution in [1.82, 2.24) is 19.5 Å². The van der Waals surface area contributed by atoms with Crippen LogP contribution in [0.25, 0.3) is 17.0 Å². The van der Waals surface area contributed by atoms with Gasteiger partial charge in [0.05, 0.1) is 11.3 Å². The van der Waals surface area contributed by atoms with E-state index in [1.165, 1.54) is 4.57 Å². The lowest BCUT2D eigenvalue weighted by molar-refractivity contribution is 0.595. The lowest BCUT2D eigenvalue weighted by atomic mass is 10.2. The Kier molecular flexibility index (Phi) is 4.39. The van der Waals surface area contributed by atoms with Gasteiger partial charge in [0.2, 0.25) is 0 Å². The summed E-state index contributed by atoms with van der Waals surface area (Å²) in [5.74, 6) is 0.802. The molecule has 0 saturated carbocycles. The van der Waals surface area contributed by atoms with Gasteiger partial charge in [-0.05, 0) is 36.2 Å². The Balaban J connectivity index is 1.68. The first-order chi connectivity index (χ1) is 14.5. The van der Waals surface area contributed by atoms with Crippen molar-refractivity contribution in [2.75, 3.05) is 17.2 Å². The van der Waals surface area contributed by atoms with Crippen LogP contribution >= 0.6 is 0 Å². The second-order valence-electron chi connectivity index (χ2n) is 7.21. The molecule has 0 fully saturated rings. The third-order valence-electron chi connectivity index (χ3n) is 5.20. The van der Waals surface area contributed by atoms with Crippen molar-refractivity contribution in [1.29, 1.82) is 0 Å². The van der Waals surface area contributed by atoms with Gasteiger partial charge in [-0.3, -0.25) is 4.98 Å². The molecule has 30 heavy (non-hydrogen) atoms. The van der Waals surface area contributed by atoms with E-state index in [-0.39, 0.29) is 16.3 Å². The van der Waals surface area contributed by atoms with Crippen molar-refractivity contribution in [3.05, 3.63) is 76.8 Å². The zero-order chi connectivity index (χ0) is 20.7. The number of hydrogen-bond donors (Lipinski definition) is 1. The fourth-order valence-electron chi connectivity index (χ4n) is 3.81. The fourth-order valence-corrected chi connectivity index (χ4v) is 5.26. The zero-order valence-corrected chi connectivity index (χ0v) is 16.8. The lowest BCUT2D eigenvalue weighted by Gasteiger charge is -2.23. The Morgan fingerprint density at radius 2 is 1.87 bits per heavy atom. The molecule has 152 valence electrons. The molecule has 5 rings (SSSR count). The molecule has 0 atom stereocenters. The van der Waals surface area contributed by atoms with Gasteiger partial charge in [-0.1, -0.05) is 30.3 Å². The third kappa shape index (κ3) is 3.17. The van der Waals surface area contributed by atoms with E-state index in [1.807, 2.05) is 35.2 Å². The Morgan fingerprint density at radius 1 is 1.03 bits per heavy atom. The summed E-state index contributed by atoms with van der Waals surface area (Å²) in [5.41, 5.74) is 1.72. The van der Waals surface area contributed by atoms with Crippen molar-refractivity contribution in [3.8, 4) is 5.82 Å². The summed E-state index contributed by atoms with van der Waals surface area (Å²) >= 11 is 0. The summed E-state index contributed by atoms with van der Waals surface area (Å²) in [4.78, 5) is 26.3. The topological polar surface area (TPSA) is 101 Å². The predicted molar refractivity (Wildman–Crippen MR) is 114 cm³/mol. The summed E-state index contributed by atoms with van der Waals surface area (Å²) in [7, 11) is -3.45. The van der Waals surface area contributed by atoms with Crippen molar-refractivity contribution in [2.45, 2.75) is 17.9 Å². The molecule has 1 N–H and O–H groups in total. The maximum atomic E-state index is 12.8. The van der Waals surface area contributed by atoms with Gasteiger partial charge in [-0.25, -0.2) is 27.7 Å². The van der Waals surface area contributed by atoms with Crippen molar-refractivity contribution >= 4 is 26.8 Å². The number of nitrogens with zero attached hydrogens (tertiary/aromatic N) is 4. The molecule has 1 aliphatic rings. The first kappa shape index (κ1) is 18.6. The van der Waals surface area contributed by atoms with E-state index in [1.54, 1.807) is 30.5 Å². The minimum atomic E-state index is -3.45. The Bertz CT molecular complexity index is 1390. The normalized spacial score (nSPS) is 15.7. The monoisotopic (exact) mass is 421 g/mol. The van der Waals surface area contributed by atoms with Crippen LogP contribution in [-0.2, 0) is 16.4 Å². The van der Waals surface area contributed by atoms with Gasteiger partial charge in [0.1, 0.15) is 16.5 Å². The highest BCUT2D eigenvalue weighted by Gasteiger charge is 2.28. The molecule has 3 aromatic heterocycles. The number of nitrogens with one attached hydrogen (secondary N) is 1. The molecule has 0 spiro atoms. The predicted octanol–water partition coefficient (Wildman–Crippen LogP) is 2.29. The van der Waals surface area contributed by atoms with Crippen LogP contribution in [0, 0.1) is 0 Å². The molecule has 1 aliphatic heterocycles. The van der Waals surface area contributed by atoms with Crippen LogP contribution in [0.2, 0.25) is 0 Å². The smallest absolute Gasteiger partial charge is 0.333 e. The molecule has 9 heteroatoms. The first-order valence-corrected chi connectivity index (χ1v) is 11.3. The Hall–Kier alpha value is -3.46. The van der Waals surface area contributed by atoms with Crippen LogP contribution in [0.4, 0.5) is 5.82 Å². The number of fused-ring (bicyclic) bond motifs is 2. The van der Waals surface area contributed by atoms with Crippen LogP contribution < -0.4 is 10.6 Å². The number of hydrogen-bond acceptors (Lipinski definition) is 6. The number of sulfone groups is 1. The molecule has 4 heterocycles. The van der Waals surface area contributed by atoms with Gasteiger partial charge in [0.25, 0.3) is 0 Å². The largest absolute Gasteiger partial charge is 0.351 e. The van der Waals surface area contributed by atoms with Gasteiger partial charge in [-0.15, -0.1) is 0 Å². The van der Waals surface area contributed by atoms with Crippen LogP contribution in [0.3, 0.4) is 0 Å². The highest BCUT2D eigenvalue weighted by molar-refractivity contribution is 7.91. The van der Waals surface area contributed by atoms with E-state index in [0.29, 0.717) is 42.3 Å². The van der Waals surface area contributed by atoms with Crippen LogP contribution in [0.15, 0.2) is 70.5 Å². The highest BCUT2D eigenvalue weighted by Crippen LogP contribution is 2.30. The number of aromatic nitrogens is 4. The molecule has 0 radical (unpaired) electrons. The maximum Gasteiger partial charge on any atom is 0.333 e. The Morgan fingerprint density at radius 3 is 2.70 bits per heavy atom. The third-order valence-corrected chi connectivity index (χ3v) is 7.02. The molecule has 0 bridgehead atoms. The minimum Gasteiger partial charge on any atom is -0.351 e. The molecule has 0 saturated heterocycles. The van der Waals surface area contributed by atoms with Gasteiger partial charge >= 0.3 is 5.69 Å². The van der Waals surface area contributed by atoms with Crippen molar-refractivity contribution in [2.24, 2.45) is 0 Å². The summed E-state index contributed by atoms with van der Waals surface area (Å²) in [6.45, 7) is 1.09. The number of aromatic amines is 1. The molecule has 0 unspecified atom stereocenters. The minimum absolute atomic E-state index is 0.0727. The summed E-state index contributed by atoms with van der Waals surface area (Å²) in [6.07, 6.45) is 2.11. The average Bonchev–Trinajstić information content (AvgIpc) is 3.02. The van der Waals surface area contributed by atoms with Gasteiger partial charge in [-0.2, -0.15) is 0 Å². The molecule has 8 nitrogen and oxygen atoms in total. The van der Waals surface area contributed by atoms with Crippen LogP contribution in [0.1, 0.15) is 12.0 Å². The van der Waals surface area contributed by atoms with E-state index in [9.17, 15) is 13.2 Å². The van der Waals surface area contributed by atoms with Gasteiger partial charge in [0.15, 0.2) is 15.5 Å². The SMILES string of the molecule is O=c1[nH]c2ncccc2n1-c1ccc2c(n1)N(Cc1ccccc1)CCCS2(=O)=O. The summed E-state index contributed by atoms with van der Waals surface area (Å²) in [5, 5.41) is 0. The Labute approximate surface area is 172 Å². The summed E-state index contributed by atoms with van der Waals surface area (Å²) in [6, 6.07) is 16.5. The maximum absolute atomic E-state index is 12.8. The first-order valence-electron chi connectivity index (χ1n) is 9.62. The molecule has 0 aliphatic carbocycles. The second kappa shape index (κ2) is 7.10. The molecule has 4 aromatic rings. The van der Waals surface area contributed by atoms with Crippen molar-refractivity contribution in [3.63, 3.8) is 0 Å². The fraction of sp³-hybridized carbons (Fsp3) is 0.190. The second-order valence-corrected chi connectivity index (χ2v) is 9.29. The van der Waals surface area contributed by atoms with Gasteiger partial charge < -0.3 is 4.90 Å². The van der Waals surface area contributed by atoms with Crippen LogP contribution in [-0.4, -0.2) is 40.2 Å². The average molecular weight is 421 g/mol. The summed E-state index contributed by atoms with van der Waals surface area (Å²) < 4.78 is 27.1. The standard InChI is InChI=1S/C21H19N5O3S/c27-21-24-19-16(8-4-11-22-19)26(21)18-10-9-17-20(23-18)25(12-5-13-30(17,28)29)14-15-6-2-1-3-7-15/h1-4,6-11H,5,12-14H2,(H,22,24,27). The highest BCUT2D eigenvalue weighted by atomic mass is 32.2. The van der Waals surface area contributed by atoms with E-state index in [4.69, 9.17) is 0 Å². The number of H-pyrrole nitrogens is 1. The van der Waals surface area contributed by atoms with Crippen LogP contribution in [0.5, 0.6) is 0 Å². The molecule has 0 amide bonds. The van der Waals surface area contributed by atoms with Crippen molar-refractivity contribution < 1.29 is 8.42 Å². The molecule has 1 aromatic carbocycles. The number of anilines is 1. The zero-order valence-electron chi connectivity index (χ0n) is 16.0. The lowest BCUT2D eigenvalue weighted by Crippen LogP contribution is -2.26. The number of benzene rings is 1. The van der Waals surface area contributed by atoms with E-state index in [0.717, 1.165) is 5.56 Å².